The lowest BCUT2D eigenvalue weighted by molar-refractivity contribution is -0.130. The number of carbonyl (C=O) groups is 2. The minimum atomic E-state index is -0.530. The normalized spacial score (nSPS) is 17.0. The first-order chi connectivity index (χ1) is 10.5. The number of hydrogen-bond acceptors (Lipinski definition) is 4. The molecule has 4 N–H and O–H groups in total. The lowest BCUT2D eigenvalue weighted by atomic mass is 9.78. The summed E-state index contributed by atoms with van der Waals surface area (Å²) in [6.45, 7) is 3.77. The van der Waals surface area contributed by atoms with E-state index in [4.69, 9.17) is 10.5 Å². The van der Waals surface area contributed by atoms with Gasteiger partial charge in [0.05, 0.1) is 12.0 Å². The van der Waals surface area contributed by atoms with Crippen molar-refractivity contribution >= 4 is 17.5 Å². The van der Waals surface area contributed by atoms with E-state index in [1.165, 1.54) is 0 Å². The van der Waals surface area contributed by atoms with Crippen LogP contribution in [0.4, 0.5) is 5.69 Å². The van der Waals surface area contributed by atoms with Crippen LogP contribution in [0.2, 0.25) is 0 Å². The Morgan fingerprint density at radius 3 is 2.64 bits per heavy atom. The average molecular weight is 305 g/mol. The number of nitrogens with two attached hydrogens (primary N) is 1. The van der Waals surface area contributed by atoms with Gasteiger partial charge in [0, 0.05) is 18.4 Å². The monoisotopic (exact) mass is 305 g/mol. The van der Waals surface area contributed by atoms with E-state index in [0.717, 1.165) is 31.5 Å². The number of carbonyl (C=O) groups excluding carboxylic acids is 2. The van der Waals surface area contributed by atoms with Gasteiger partial charge in [-0.25, -0.2) is 0 Å². The van der Waals surface area contributed by atoms with Gasteiger partial charge < -0.3 is 21.1 Å². The highest BCUT2D eigenvalue weighted by atomic mass is 16.5. The molecule has 2 rings (SSSR count). The number of ether oxygens (including phenoxy) is 1. The molecule has 0 saturated carbocycles. The molecule has 1 saturated heterocycles. The van der Waals surface area contributed by atoms with Crippen molar-refractivity contribution in [1.29, 1.82) is 0 Å². The molecule has 0 aliphatic carbocycles. The number of rotatable bonds is 5. The van der Waals surface area contributed by atoms with Gasteiger partial charge in [-0.05, 0) is 50.6 Å². The third-order valence-corrected chi connectivity index (χ3v) is 4.22. The van der Waals surface area contributed by atoms with Gasteiger partial charge in [-0.15, -0.1) is 0 Å². The summed E-state index contributed by atoms with van der Waals surface area (Å²) < 4.78 is 5.26. The molecule has 0 atom stereocenters. The quantitative estimate of drug-likeness (QED) is 0.758. The predicted molar refractivity (Wildman–Crippen MR) is 84.7 cm³/mol. The topological polar surface area (TPSA) is 93.4 Å². The van der Waals surface area contributed by atoms with Crippen LogP contribution in [-0.4, -0.2) is 38.6 Å². The van der Waals surface area contributed by atoms with Crippen LogP contribution >= 0.6 is 0 Å². The van der Waals surface area contributed by atoms with E-state index in [0.29, 0.717) is 17.9 Å². The highest BCUT2D eigenvalue weighted by Gasteiger charge is 2.39. The van der Waals surface area contributed by atoms with E-state index in [9.17, 15) is 9.59 Å². The number of hydrogen-bond donors (Lipinski definition) is 3. The first-order valence-corrected chi connectivity index (χ1v) is 7.40. The van der Waals surface area contributed by atoms with E-state index >= 15 is 0 Å². The van der Waals surface area contributed by atoms with Gasteiger partial charge in [-0.1, -0.05) is 6.07 Å². The molecule has 1 aliphatic heterocycles. The predicted octanol–water partition coefficient (Wildman–Crippen LogP) is 1.05. The summed E-state index contributed by atoms with van der Waals surface area (Å²) in [5.74, 6) is -0.572. The fourth-order valence-electron chi connectivity index (χ4n) is 2.85. The summed E-state index contributed by atoms with van der Waals surface area (Å²) in [6, 6.07) is 5.18. The molecule has 2 amide bonds. The van der Waals surface area contributed by atoms with Crippen LogP contribution in [0, 0.1) is 12.3 Å². The van der Waals surface area contributed by atoms with Gasteiger partial charge in [0.25, 0.3) is 0 Å². The molecule has 1 heterocycles. The number of anilines is 1. The molecule has 0 unspecified atom stereocenters. The molecule has 0 aromatic heterocycles. The van der Waals surface area contributed by atoms with Crippen LogP contribution in [0.15, 0.2) is 18.2 Å². The van der Waals surface area contributed by atoms with Gasteiger partial charge in [0.15, 0.2) is 0 Å². The van der Waals surface area contributed by atoms with Crippen molar-refractivity contribution in [1.82, 2.24) is 5.32 Å². The second-order valence-corrected chi connectivity index (χ2v) is 5.81. The van der Waals surface area contributed by atoms with Gasteiger partial charge in [-0.3, -0.25) is 9.59 Å². The van der Waals surface area contributed by atoms with Crippen molar-refractivity contribution in [2.24, 2.45) is 11.1 Å². The van der Waals surface area contributed by atoms with Crippen LogP contribution in [0.25, 0.3) is 0 Å². The second-order valence-electron chi connectivity index (χ2n) is 5.81. The van der Waals surface area contributed by atoms with Crippen molar-refractivity contribution in [2.75, 3.05) is 32.1 Å². The molecule has 6 nitrogen and oxygen atoms in total. The van der Waals surface area contributed by atoms with Crippen LogP contribution in [-0.2, 0) is 9.53 Å². The van der Waals surface area contributed by atoms with Crippen molar-refractivity contribution in [3.63, 3.8) is 0 Å². The Bertz CT molecular complexity index is 560. The number of primary amides is 1. The minimum Gasteiger partial charge on any atom is -0.384 e. The molecule has 1 fully saturated rings. The highest BCUT2D eigenvalue weighted by molar-refractivity contribution is 5.99. The maximum Gasteiger partial charge on any atom is 0.249 e. The van der Waals surface area contributed by atoms with Crippen molar-refractivity contribution in [2.45, 2.75) is 19.8 Å². The molecule has 1 aromatic carbocycles. The largest absolute Gasteiger partial charge is 0.384 e. The molecule has 0 radical (unpaired) electrons. The Balaban J connectivity index is 2.19. The summed E-state index contributed by atoms with van der Waals surface area (Å²) in [5.41, 5.74) is 6.61. The fourth-order valence-corrected chi connectivity index (χ4v) is 2.85. The Kier molecular flexibility index (Phi) is 5.15. The summed E-state index contributed by atoms with van der Waals surface area (Å²) in [4.78, 5) is 24.1. The van der Waals surface area contributed by atoms with E-state index in [1.807, 2.05) is 6.92 Å². The number of methoxy groups -OCH3 is 1. The zero-order chi connectivity index (χ0) is 16.2. The Morgan fingerprint density at radius 2 is 2.05 bits per heavy atom. The van der Waals surface area contributed by atoms with Crippen molar-refractivity contribution < 1.29 is 14.3 Å². The maximum atomic E-state index is 12.7. The third kappa shape index (κ3) is 3.45. The Labute approximate surface area is 130 Å². The number of piperidine rings is 1. The van der Waals surface area contributed by atoms with E-state index in [2.05, 4.69) is 10.6 Å². The van der Waals surface area contributed by atoms with Gasteiger partial charge in [-0.2, -0.15) is 0 Å². The van der Waals surface area contributed by atoms with E-state index in [-0.39, 0.29) is 5.91 Å². The maximum absolute atomic E-state index is 12.7. The highest BCUT2D eigenvalue weighted by Crippen LogP contribution is 2.31. The smallest absolute Gasteiger partial charge is 0.249 e. The first-order valence-electron chi connectivity index (χ1n) is 7.40. The molecule has 1 aliphatic rings. The average Bonchev–Trinajstić information content (AvgIpc) is 2.50. The Hall–Kier alpha value is -1.92. The summed E-state index contributed by atoms with van der Waals surface area (Å²) in [6.07, 6.45) is 1.45. The third-order valence-electron chi connectivity index (χ3n) is 4.22. The van der Waals surface area contributed by atoms with Crippen molar-refractivity contribution in [3.05, 3.63) is 29.3 Å². The molecule has 0 spiro atoms. The SMILES string of the molecule is COCC1(C(=O)Nc2ccc(C)c(C(N)=O)c2)CCNCC1. The zero-order valence-corrected chi connectivity index (χ0v) is 13.1. The summed E-state index contributed by atoms with van der Waals surface area (Å²) >= 11 is 0. The molecule has 1 aromatic rings. The van der Waals surface area contributed by atoms with Crippen LogP contribution in [0.1, 0.15) is 28.8 Å². The molecule has 120 valence electrons. The molecular formula is C16H23N3O3. The fraction of sp³-hybridized carbons (Fsp3) is 0.500. The zero-order valence-electron chi connectivity index (χ0n) is 13.1. The lowest BCUT2D eigenvalue weighted by Crippen LogP contribution is -2.47. The summed E-state index contributed by atoms with van der Waals surface area (Å²) in [5, 5.41) is 6.16. The Morgan fingerprint density at radius 1 is 1.36 bits per heavy atom. The van der Waals surface area contributed by atoms with Crippen molar-refractivity contribution in [3.8, 4) is 0 Å². The first kappa shape index (κ1) is 16.5. The van der Waals surface area contributed by atoms with Crippen LogP contribution in [0.3, 0.4) is 0 Å². The molecule has 22 heavy (non-hydrogen) atoms. The van der Waals surface area contributed by atoms with Gasteiger partial charge in [0.1, 0.15) is 0 Å². The number of amides is 2. The molecule has 0 bridgehead atoms. The molecular weight excluding hydrogens is 282 g/mol. The number of nitrogens with one attached hydrogen (secondary N) is 2. The van der Waals surface area contributed by atoms with Crippen LogP contribution < -0.4 is 16.4 Å². The number of benzene rings is 1. The standard InChI is InChI=1S/C16H23N3O3/c1-11-3-4-12(9-13(11)14(17)20)19-15(21)16(10-22-2)5-7-18-8-6-16/h3-4,9,18H,5-8,10H2,1-2H3,(H2,17,20)(H,19,21). The van der Waals surface area contributed by atoms with E-state index in [1.54, 1.807) is 25.3 Å². The molecule has 6 heteroatoms. The van der Waals surface area contributed by atoms with Gasteiger partial charge in [0.2, 0.25) is 11.8 Å². The lowest BCUT2D eigenvalue weighted by Gasteiger charge is -2.35. The van der Waals surface area contributed by atoms with E-state index < -0.39 is 11.3 Å². The summed E-state index contributed by atoms with van der Waals surface area (Å²) in [7, 11) is 1.61. The van der Waals surface area contributed by atoms with Gasteiger partial charge >= 0.3 is 0 Å². The minimum absolute atomic E-state index is 0.0740. The number of aryl methyl sites for hydroxylation is 1. The van der Waals surface area contributed by atoms with Crippen LogP contribution in [0.5, 0.6) is 0 Å². The second kappa shape index (κ2) is 6.89.